The van der Waals surface area contributed by atoms with E-state index in [1.54, 1.807) is 24.6 Å². The number of ether oxygens (including phenoxy) is 1. The summed E-state index contributed by atoms with van der Waals surface area (Å²) in [5, 5.41) is 4.06. The van der Waals surface area contributed by atoms with Gasteiger partial charge in [-0.3, -0.25) is 4.79 Å². The monoisotopic (exact) mass is 382 g/mol. The summed E-state index contributed by atoms with van der Waals surface area (Å²) in [6.07, 6.45) is 3.46. The third-order valence-corrected chi connectivity index (χ3v) is 5.98. The fraction of sp³-hybridized carbons (Fsp3) is 0.350. The number of pyridine rings is 1. The van der Waals surface area contributed by atoms with Crippen LogP contribution in [0.2, 0.25) is 0 Å². The number of nitrogens with zero attached hydrogens (tertiary/aromatic N) is 3. The number of carbonyl (C=O) groups excluding carboxylic acids is 1. The number of rotatable bonds is 5. The van der Waals surface area contributed by atoms with Gasteiger partial charge >= 0.3 is 0 Å². The van der Waals surface area contributed by atoms with Crippen molar-refractivity contribution in [2.45, 2.75) is 19.4 Å². The van der Waals surface area contributed by atoms with Crippen LogP contribution in [0.1, 0.15) is 18.4 Å². The van der Waals surface area contributed by atoms with Crippen LogP contribution in [0.5, 0.6) is 5.75 Å². The van der Waals surface area contributed by atoms with E-state index < -0.39 is 0 Å². The molecular formula is C20H22N4O2S. The van der Waals surface area contributed by atoms with Crippen molar-refractivity contribution in [3.63, 3.8) is 0 Å². The quantitative estimate of drug-likeness (QED) is 0.734. The first kappa shape index (κ1) is 17.7. The minimum absolute atomic E-state index is 0.0449. The van der Waals surface area contributed by atoms with E-state index in [1.165, 1.54) is 0 Å². The van der Waals surface area contributed by atoms with Crippen molar-refractivity contribution in [2.75, 3.05) is 25.1 Å². The number of piperidine rings is 1. The Balaban J connectivity index is 1.32. The van der Waals surface area contributed by atoms with Crippen LogP contribution in [0.15, 0.2) is 42.6 Å². The van der Waals surface area contributed by atoms with Gasteiger partial charge < -0.3 is 15.0 Å². The highest BCUT2D eigenvalue weighted by Gasteiger charge is 2.26. The maximum absolute atomic E-state index is 12.6. The van der Waals surface area contributed by atoms with E-state index in [0.717, 1.165) is 52.7 Å². The maximum Gasteiger partial charge on any atom is 0.223 e. The Morgan fingerprint density at radius 1 is 1.26 bits per heavy atom. The molecule has 1 saturated heterocycles. The molecule has 1 aliphatic heterocycles. The third kappa shape index (κ3) is 3.88. The zero-order chi connectivity index (χ0) is 18.6. The molecule has 0 saturated carbocycles. The second-order valence-corrected chi connectivity index (χ2v) is 7.57. The highest BCUT2D eigenvalue weighted by Crippen LogP contribution is 2.30. The van der Waals surface area contributed by atoms with Gasteiger partial charge in [0.25, 0.3) is 0 Å². The lowest BCUT2D eigenvalue weighted by Gasteiger charge is -2.31. The highest BCUT2D eigenvalue weighted by molar-refractivity contribution is 7.21. The molecule has 140 valence electrons. The predicted octanol–water partition coefficient (Wildman–Crippen LogP) is 3.23. The molecule has 1 amide bonds. The van der Waals surface area contributed by atoms with E-state index in [4.69, 9.17) is 4.74 Å². The van der Waals surface area contributed by atoms with Gasteiger partial charge in [0.2, 0.25) is 5.91 Å². The fourth-order valence-corrected chi connectivity index (χ4v) is 4.36. The normalized spacial score (nSPS) is 15.1. The van der Waals surface area contributed by atoms with Gasteiger partial charge in [-0.15, -0.1) is 0 Å². The molecule has 3 heterocycles. The lowest BCUT2D eigenvalue weighted by molar-refractivity contribution is -0.125. The second-order valence-electron chi connectivity index (χ2n) is 6.62. The molecule has 4 rings (SSSR count). The molecule has 7 heteroatoms. The number of carbonyl (C=O) groups is 1. The first-order valence-corrected chi connectivity index (χ1v) is 9.92. The molecule has 1 aromatic carbocycles. The van der Waals surface area contributed by atoms with Crippen LogP contribution in [-0.4, -0.2) is 36.1 Å². The number of fused-ring (bicyclic) bond motifs is 1. The predicted molar refractivity (Wildman–Crippen MR) is 107 cm³/mol. The highest BCUT2D eigenvalue weighted by atomic mass is 32.1. The van der Waals surface area contributed by atoms with Crippen LogP contribution in [0.3, 0.4) is 0 Å². The smallest absolute Gasteiger partial charge is 0.223 e. The second kappa shape index (κ2) is 7.92. The van der Waals surface area contributed by atoms with Gasteiger partial charge in [0.1, 0.15) is 16.1 Å². The Morgan fingerprint density at radius 2 is 2.07 bits per heavy atom. The van der Waals surface area contributed by atoms with E-state index >= 15 is 0 Å². The summed E-state index contributed by atoms with van der Waals surface area (Å²) in [6, 6.07) is 11.7. The molecule has 0 aliphatic carbocycles. The molecule has 0 radical (unpaired) electrons. The van der Waals surface area contributed by atoms with Gasteiger partial charge in [0, 0.05) is 37.3 Å². The molecule has 3 aromatic rings. The summed E-state index contributed by atoms with van der Waals surface area (Å²) in [4.78, 5) is 24.8. The molecule has 0 unspecified atom stereocenters. The molecule has 2 aromatic heterocycles. The standard InChI is InChI=1S/C20H22N4O2S/c1-26-17-7-3-2-5-15(17)13-22-18(25)14-8-11-24(12-9-14)20-23-16-6-4-10-21-19(16)27-20/h2-7,10,14H,8-9,11-13H2,1H3,(H,22,25). The first-order valence-electron chi connectivity index (χ1n) is 9.10. The largest absolute Gasteiger partial charge is 0.496 e. The number of nitrogens with one attached hydrogen (secondary N) is 1. The van der Waals surface area contributed by atoms with E-state index in [1.807, 2.05) is 36.4 Å². The minimum Gasteiger partial charge on any atom is -0.496 e. The minimum atomic E-state index is 0.0449. The van der Waals surface area contributed by atoms with E-state index in [-0.39, 0.29) is 11.8 Å². The van der Waals surface area contributed by atoms with E-state index in [2.05, 4.69) is 20.2 Å². The Morgan fingerprint density at radius 3 is 2.85 bits per heavy atom. The Labute approximate surface area is 162 Å². The topological polar surface area (TPSA) is 67.3 Å². The van der Waals surface area contributed by atoms with Crippen molar-refractivity contribution >= 4 is 32.7 Å². The van der Waals surface area contributed by atoms with Crippen molar-refractivity contribution < 1.29 is 9.53 Å². The number of hydrogen-bond acceptors (Lipinski definition) is 6. The summed E-state index contributed by atoms with van der Waals surface area (Å²) >= 11 is 1.61. The average molecular weight is 382 g/mol. The van der Waals surface area contributed by atoms with Gasteiger partial charge in [-0.1, -0.05) is 29.5 Å². The summed E-state index contributed by atoms with van der Waals surface area (Å²) in [7, 11) is 1.65. The number of thiazole rings is 1. The number of amides is 1. The number of hydrogen-bond donors (Lipinski definition) is 1. The summed E-state index contributed by atoms with van der Waals surface area (Å²) in [5.41, 5.74) is 1.93. The molecule has 1 fully saturated rings. The van der Waals surface area contributed by atoms with Crippen LogP contribution in [0.25, 0.3) is 10.3 Å². The molecule has 1 N–H and O–H groups in total. The van der Waals surface area contributed by atoms with Gasteiger partial charge in [0.15, 0.2) is 5.13 Å². The van der Waals surface area contributed by atoms with Gasteiger partial charge in [-0.25, -0.2) is 9.97 Å². The zero-order valence-corrected chi connectivity index (χ0v) is 16.0. The molecule has 0 spiro atoms. The number of anilines is 1. The lowest BCUT2D eigenvalue weighted by Crippen LogP contribution is -2.40. The number of aromatic nitrogens is 2. The molecule has 0 atom stereocenters. The maximum atomic E-state index is 12.6. The van der Waals surface area contributed by atoms with Gasteiger partial charge in [-0.05, 0) is 31.0 Å². The van der Waals surface area contributed by atoms with Crippen molar-refractivity contribution in [3.8, 4) is 5.75 Å². The third-order valence-electron chi connectivity index (χ3n) is 4.94. The Hall–Kier alpha value is -2.67. The van der Waals surface area contributed by atoms with Gasteiger partial charge in [0.05, 0.1) is 7.11 Å². The van der Waals surface area contributed by atoms with Crippen molar-refractivity contribution in [1.82, 2.24) is 15.3 Å². The van der Waals surface area contributed by atoms with E-state index in [0.29, 0.717) is 6.54 Å². The molecule has 0 bridgehead atoms. The number of methoxy groups -OCH3 is 1. The summed E-state index contributed by atoms with van der Waals surface area (Å²) in [6.45, 7) is 2.17. The zero-order valence-electron chi connectivity index (χ0n) is 15.2. The van der Waals surface area contributed by atoms with Crippen molar-refractivity contribution in [1.29, 1.82) is 0 Å². The molecule has 6 nitrogen and oxygen atoms in total. The van der Waals surface area contributed by atoms with Crippen molar-refractivity contribution in [3.05, 3.63) is 48.2 Å². The summed E-state index contributed by atoms with van der Waals surface area (Å²) < 4.78 is 5.34. The Bertz CT molecular complexity index is 901. The first-order chi connectivity index (χ1) is 13.2. The van der Waals surface area contributed by atoms with E-state index in [9.17, 15) is 4.79 Å². The number of benzene rings is 1. The lowest BCUT2D eigenvalue weighted by atomic mass is 9.96. The SMILES string of the molecule is COc1ccccc1CNC(=O)C1CCN(c2nc3cccnc3s2)CC1. The number of para-hydroxylation sites is 1. The molecule has 27 heavy (non-hydrogen) atoms. The van der Waals surface area contributed by atoms with Crippen LogP contribution in [0, 0.1) is 5.92 Å². The van der Waals surface area contributed by atoms with Crippen molar-refractivity contribution in [2.24, 2.45) is 5.92 Å². The van der Waals surface area contributed by atoms with Crippen LogP contribution < -0.4 is 15.0 Å². The van der Waals surface area contributed by atoms with Crippen LogP contribution in [0.4, 0.5) is 5.13 Å². The Kier molecular flexibility index (Phi) is 5.20. The van der Waals surface area contributed by atoms with Gasteiger partial charge in [-0.2, -0.15) is 0 Å². The average Bonchev–Trinajstić information content (AvgIpc) is 3.16. The molecular weight excluding hydrogens is 360 g/mol. The fourth-order valence-electron chi connectivity index (χ4n) is 3.40. The van der Waals surface area contributed by atoms with Crippen LogP contribution in [-0.2, 0) is 11.3 Å². The molecule has 1 aliphatic rings. The summed E-state index contributed by atoms with van der Waals surface area (Å²) in [5.74, 6) is 0.965. The van der Waals surface area contributed by atoms with Crippen LogP contribution >= 0.6 is 11.3 Å².